The first-order chi connectivity index (χ1) is 10.9. The number of nitrogens with two attached hydrogens (primary N) is 1. The molecule has 8 N–H and O–H groups in total. The largest absolute Gasteiger partial charge is 0.505 e. The van der Waals surface area contributed by atoms with Gasteiger partial charge in [-0.15, -0.1) is 11.3 Å². The van der Waals surface area contributed by atoms with E-state index in [4.69, 9.17) is 5.14 Å². The molecule has 0 saturated heterocycles. The molecule has 25 heavy (non-hydrogen) atoms. The maximum absolute atomic E-state index is 12.5. The van der Waals surface area contributed by atoms with E-state index < -0.39 is 62.1 Å². The van der Waals surface area contributed by atoms with Crippen molar-refractivity contribution in [1.82, 2.24) is 5.32 Å². The first-order valence-electron chi connectivity index (χ1n) is 6.66. The Balaban J connectivity index is 2.96. The standard InChI is InChI=1S/C11H18N2O9S3/c1-9(2,15)13-6-4-5(14)8(25(12,21)22)23-7(4)24(19,20)10(3,16)11(6,17)18/h6,13-18H,1-3H3,(H2,12,21,22). The molecule has 0 aliphatic carbocycles. The molecule has 0 fully saturated rings. The summed E-state index contributed by atoms with van der Waals surface area (Å²) in [6.07, 6.45) is 0. The highest BCUT2D eigenvalue weighted by atomic mass is 32.3. The van der Waals surface area contributed by atoms with Gasteiger partial charge in [-0.3, -0.25) is 5.32 Å². The summed E-state index contributed by atoms with van der Waals surface area (Å²) >= 11 is 0.0538. The number of hydrogen-bond donors (Lipinski definition) is 7. The number of sulfonamides is 1. The summed E-state index contributed by atoms with van der Waals surface area (Å²) in [6.45, 7) is 2.94. The summed E-state index contributed by atoms with van der Waals surface area (Å²) in [5, 5.41) is 58.2. The van der Waals surface area contributed by atoms with E-state index in [1.54, 1.807) is 0 Å². The number of fused-ring (bicyclic) bond motifs is 1. The normalized spacial score (nSPS) is 28.6. The fourth-order valence-electron chi connectivity index (χ4n) is 2.41. The Kier molecular flexibility index (Phi) is 4.37. The molecule has 1 aliphatic heterocycles. The molecule has 1 aliphatic rings. The van der Waals surface area contributed by atoms with Gasteiger partial charge in [0.2, 0.25) is 20.6 Å². The fraction of sp³-hybridized carbons (Fsp3) is 0.636. The van der Waals surface area contributed by atoms with Crippen LogP contribution in [-0.2, 0) is 19.9 Å². The minimum absolute atomic E-state index is 0.0538. The van der Waals surface area contributed by atoms with Gasteiger partial charge in [0.1, 0.15) is 9.93 Å². The minimum Gasteiger partial charge on any atom is -0.505 e. The summed E-state index contributed by atoms with van der Waals surface area (Å²) in [6, 6.07) is -1.97. The highest BCUT2D eigenvalue weighted by Gasteiger charge is 2.66. The highest BCUT2D eigenvalue weighted by molar-refractivity contribution is 7.96. The van der Waals surface area contributed by atoms with Crippen LogP contribution in [0.25, 0.3) is 0 Å². The van der Waals surface area contributed by atoms with Gasteiger partial charge in [-0.25, -0.2) is 22.0 Å². The van der Waals surface area contributed by atoms with E-state index in [9.17, 15) is 42.4 Å². The van der Waals surface area contributed by atoms with Crippen LogP contribution in [0.2, 0.25) is 0 Å². The van der Waals surface area contributed by atoms with Gasteiger partial charge in [0.25, 0.3) is 10.0 Å². The lowest BCUT2D eigenvalue weighted by Gasteiger charge is -2.46. The molecule has 0 amide bonds. The van der Waals surface area contributed by atoms with Gasteiger partial charge in [-0.05, 0) is 20.8 Å². The molecule has 0 bridgehead atoms. The topological polar surface area (TPSA) is 207 Å². The van der Waals surface area contributed by atoms with Gasteiger partial charge in [0.05, 0.1) is 6.04 Å². The number of thiophene rings is 1. The van der Waals surface area contributed by atoms with Gasteiger partial charge in [0.15, 0.2) is 9.96 Å². The predicted octanol–water partition coefficient (Wildman–Crippen LogP) is -2.36. The molecule has 1 aromatic rings. The maximum Gasteiger partial charge on any atom is 0.251 e. The van der Waals surface area contributed by atoms with Crippen LogP contribution in [0.4, 0.5) is 0 Å². The minimum atomic E-state index is -4.91. The Morgan fingerprint density at radius 1 is 1.28 bits per heavy atom. The third kappa shape index (κ3) is 2.87. The van der Waals surface area contributed by atoms with Crippen molar-refractivity contribution in [3.05, 3.63) is 5.56 Å². The van der Waals surface area contributed by atoms with E-state index >= 15 is 0 Å². The Bertz CT molecular complexity index is 923. The molecular formula is C11H18N2O9S3. The number of aliphatic hydroxyl groups is 4. The van der Waals surface area contributed by atoms with Crippen molar-refractivity contribution in [1.29, 1.82) is 0 Å². The third-order valence-corrected chi connectivity index (χ3v) is 9.16. The number of rotatable bonds is 3. The lowest BCUT2D eigenvalue weighted by molar-refractivity contribution is -0.265. The Morgan fingerprint density at radius 2 is 1.76 bits per heavy atom. The number of aromatic hydroxyl groups is 1. The molecule has 2 atom stereocenters. The molecule has 0 spiro atoms. The average molecular weight is 418 g/mol. The molecule has 0 radical (unpaired) electrons. The van der Waals surface area contributed by atoms with Crippen LogP contribution in [0.1, 0.15) is 32.4 Å². The van der Waals surface area contributed by atoms with E-state index in [0.717, 1.165) is 0 Å². The number of primary sulfonamides is 1. The van der Waals surface area contributed by atoms with Crippen LogP contribution in [0, 0.1) is 0 Å². The summed E-state index contributed by atoms with van der Waals surface area (Å²) in [4.78, 5) is -3.19. The zero-order valence-electron chi connectivity index (χ0n) is 13.2. The molecule has 144 valence electrons. The maximum atomic E-state index is 12.5. The van der Waals surface area contributed by atoms with E-state index in [1.165, 1.54) is 13.8 Å². The van der Waals surface area contributed by atoms with Crippen LogP contribution in [-0.4, -0.2) is 58.8 Å². The lowest BCUT2D eigenvalue weighted by Crippen LogP contribution is -2.67. The second-order valence-corrected chi connectivity index (χ2v) is 11.6. The van der Waals surface area contributed by atoms with E-state index in [-0.39, 0.29) is 11.3 Å². The van der Waals surface area contributed by atoms with Gasteiger partial charge >= 0.3 is 0 Å². The quantitative estimate of drug-likeness (QED) is 0.260. The molecule has 11 nitrogen and oxygen atoms in total. The zero-order chi connectivity index (χ0) is 19.8. The van der Waals surface area contributed by atoms with E-state index in [1.807, 2.05) is 0 Å². The van der Waals surface area contributed by atoms with Crippen LogP contribution >= 0.6 is 11.3 Å². The second-order valence-electron chi connectivity index (χ2n) is 6.33. The van der Waals surface area contributed by atoms with Crippen LogP contribution in [0.3, 0.4) is 0 Å². The van der Waals surface area contributed by atoms with Gasteiger partial charge in [-0.1, -0.05) is 0 Å². The average Bonchev–Trinajstić information content (AvgIpc) is 2.71. The van der Waals surface area contributed by atoms with Gasteiger partial charge < -0.3 is 25.5 Å². The van der Waals surface area contributed by atoms with Crippen molar-refractivity contribution in [2.45, 2.75) is 51.7 Å². The van der Waals surface area contributed by atoms with Crippen molar-refractivity contribution >= 4 is 31.2 Å². The molecule has 0 saturated carbocycles. The summed E-state index contributed by atoms with van der Waals surface area (Å²) in [7, 11) is -9.46. The van der Waals surface area contributed by atoms with Crippen molar-refractivity contribution in [2.24, 2.45) is 5.14 Å². The number of hydrogen-bond acceptors (Lipinski definition) is 11. The van der Waals surface area contributed by atoms with Crippen LogP contribution in [0.15, 0.2) is 8.42 Å². The monoisotopic (exact) mass is 418 g/mol. The molecule has 0 aromatic carbocycles. The highest BCUT2D eigenvalue weighted by Crippen LogP contribution is 2.55. The Labute approximate surface area is 147 Å². The van der Waals surface area contributed by atoms with Gasteiger partial charge in [-0.2, -0.15) is 0 Å². The predicted molar refractivity (Wildman–Crippen MR) is 84.5 cm³/mol. The molecule has 1 aromatic heterocycles. The molecular weight excluding hydrogens is 400 g/mol. The molecule has 2 unspecified atom stereocenters. The SMILES string of the molecule is CC(C)(O)NC1c2c(sc(S(N)(=O)=O)c2O)S(=O)(=O)C(C)(O)C1(O)O. The number of sulfone groups is 1. The molecule has 2 heterocycles. The fourth-order valence-corrected chi connectivity index (χ4v) is 6.92. The summed E-state index contributed by atoms with van der Waals surface area (Å²) < 4.78 is 46.5. The zero-order valence-corrected chi connectivity index (χ0v) is 15.7. The summed E-state index contributed by atoms with van der Waals surface area (Å²) in [5.74, 6) is -4.55. The van der Waals surface area contributed by atoms with Crippen LogP contribution < -0.4 is 10.5 Å². The third-order valence-electron chi connectivity index (χ3n) is 3.75. The molecule has 2 rings (SSSR count). The van der Waals surface area contributed by atoms with Crippen LogP contribution in [0.5, 0.6) is 5.75 Å². The Morgan fingerprint density at radius 3 is 2.16 bits per heavy atom. The van der Waals surface area contributed by atoms with E-state index in [2.05, 4.69) is 5.32 Å². The molecule has 14 heteroatoms. The number of nitrogens with one attached hydrogen (secondary N) is 1. The first-order valence-corrected chi connectivity index (χ1v) is 10.5. The van der Waals surface area contributed by atoms with Crippen molar-refractivity contribution in [3.63, 3.8) is 0 Å². The van der Waals surface area contributed by atoms with Crippen molar-refractivity contribution in [2.75, 3.05) is 0 Å². The first kappa shape index (κ1) is 20.5. The summed E-state index contributed by atoms with van der Waals surface area (Å²) in [5.41, 5.74) is -2.56. The Hall–Kier alpha value is -0.840. The lowest BCUT2D eigenvalue weighted by atomic mass is 9.93. The van der Waals surface area contributed by atoms with Crippen molar-refractivity contribution in [3.8, 4) is 5.75 Å². The smallest absolute Gasteiger partial charge is 0.251 e. The van der Waals surface area contributed by atoms with Crippen molar-refractivity contribution < 1.29 is 42.4 Å². The van der Waals surface area contributed by atoms with E-state index in [0.29, 0.717) is 6.92 Å². The second kappa shape index (κ2) is 5.34. The van der Waals surface area contributed by atoms with Gasteiger partial charge in [0, 0.05) is 5.56 Å².